The Morgan fingerprint density at radius 2 is 2.30 bits per heavy atom. The van der Waals surface area contributed by atoms with E-state index in [1.165, 1.54) is 0 Å². The lowest BCUT2D eigenvalue weighted by Crippen LogP contribution is -2.30. The van der Waals surface area contributed by atoms with Gasteiger partial charge in [-0.1, -0.05) is 25.9 Å². The zero-order valence-electron chi connectivity index (χ0n) is 14.0. The van der Waals surface area contributed by atoms with Crippen LogP contribution in [-0.2, 0) is 16.6 Å². The lowest BCUT2D eigenvalue weighted by atomic mass is 9.96. The van der Waals surface area contributed by atoms with Crippen LogP contribution in [0.25, 0.3) is 0 Å². The first-order valence-corrected chi connectivity index (χ1v) is 8.21. The van der Waals surface area contributed by atoms with Crippen molar-refractivity contribution in [2.24, 2.45) is 0 Å². The molecule has 1 aliphatic heterocycles. The first-order chi connectivity index (χ1) is 10.9. The molecule has 6 heteroatoms. The van der Waals surface area contributed by atoms with Crippen molar-refractivity contribution in [1.82, 2.24) is 20.0 Å². The van der Waals surface area contributed by atoms with E-state index in [0.29, 0.717) is 24.6 Å². The molecule has 6 nitrogen and oxygen atoms in total. The monoisotopic (exact) mass is 316 g/mol. The molecule has 2 aromatic heterocycles. The van der Waals surface area contributed by atoms with Crippen molar-refractivity contribution in [3.8, 4) is 0 Å². The van der Waals surface area contributed by atoms with Gasteiger partial charge in [-0.3, -0.25) is 4.79 Å². The number of likely N-dealkylation sites (tertiary alicyclic amines) is 1. The zero-order valence-corrected chi connectivity index (χ0v) is 14.0. The van der Waals surface area contributed by atoms with Gasteiger partial charge in [-0.05, 0) is 25.0 Å². The standard InChI is InChI=1S/C17H24N4O2/c1-17(2,3)16-19-14(23-20-16)8-9-15(22)21-11-5-7-13(21)12-6-4-10-18-12/h4,6,10,13,18H,5,7-9,11H2,1-3H3/t13-/m1/s1. The quantitative estimate of drug-likeness (QED) is 0.941. The number of carbonyl (C=O) groups excluding carboxylic acids is 1. The molecular formula is C17H24N4O2. The van der Waals surface area contributed by atoms with Crippen LogP contribution in [0.2, 0.25) is 0 Å². The molecule has 23 heavy (non-hydrogen) atoms. The Hall–Kier alpha value is -2.11. The predicted molar refractivity (Wildman–Crippen MR) is 85.8 cm³/mol. The van der Waals surface area contributed by atoms with Crippen LogP contribution in [-0.4, -0.2) is 32.5 Å². The molecule has 1 N–H and O–H groups in total. The molecule has 1 atom stereocenters. The van der Waals surface area contributed by atoms with Gasteiger partial charge in [-0.25, -0.2) is 0 Å². The lowest BCUT2D eigenvalue weighted by molar-refractivity contribution is -0.132. The zero-order chi connectivity index (χ0) is 16.4. The molecule has 0 aromatic carbocycles. The lowest BCUT2D eigenvalue weighted by Gasteiger charge is -2.23. The largest absolute Gasteiger partial charge is 0.363 e. The van der Waals surface area contributed by atoms with Crippen molar-refractivity contribution in [3.63, 3.8) is 0 Å². The van der Waals surface area contributed by atoms with Gasteiger partial charge in [-0.15, -0.1) is 0 Å². The number of H-pyrrole nitrogens is 1. The van der Waals surface area contributed by atoms with Crippen LogP contribution in [0.3, 0.4) is 0 Å². The van der Waals surface area contributed by atoms with Gasteiger partial charge < -0.3 is 14.4 Å². The molecule has 3 rings (SSSR count). The predicted octanol–water partition coefficient (Wildman–Crippen LogP) is 2.99. The van der Waals surface area contributed by atoms with Gasteiger partial charge in [0, 0.05) is 36.7 Å². The topological polar surface area (TPSA) is 75.0 Å². The van der Waals surface area contributed by atoms with E-state index in [4.69, 9.17) is 4.52 Å². The molecule has 3 heterocycles. The van der Waals surface area contributed by atoms with Crippen LogP contribution in [0.4, 0.5) is 0 Å². The first kappa shape index (κ1) is 15.8. The van der Waals surface area contributed by atoms with Gasteiger partial charge >= 0.3 is 0 Å². The Labute approximate surface area is 136 Å². The van der Waals surface area contributed by atoms with Crippen molar-refractivity contribution in [2.75, 3.05) is 6.54 Å². The minimum atomic E-state index is -0.139. The summed E-state index contributed by atoms with van der Waals surface area (Å²) in [6, 6.07) is 4.19. The van der Waals surface area contributed by atoms with E-state index in [2.05, 4.69) is 15.1 Å². The van der Waals surface area contributed by atoms with Crippen LogP contribution < -0.4 is 0 Å². The average Bonchev–Trinajstić information content (AvgIpc) is 3.22. The van der Waals surface area contributed by atoms with Gasteiger partial charge in [0.05, 0.1) is 6.04 Å². The Balaban J connectivity index is 1.60. The molecule has 1 amide bonds. The summed E-state index contributed by atoms with van der Waals surface area (Å²) in [6.07, 6.45) is 4.87. The smallest absolute Gasteiger partial charge is 0.227 e. The normalized spacial score (nSPS) is 18.6. The Morgan fingerprint density at radius 3 is 2.96 bits per heavy atom. The molecule has 124 valence electrons. The second-order valence-electron chi connectivity index (χ2n) is 7.13. The highest BCUT2D eigenvalue weighted by atomic mass is 16.5. The minimum Gasteiger partial charge on any atom is -0.363 e. The van der Waals surface area contributed by atoms with E-state index >= 15 is 0 Å². The molecule has 0 bridgehead atoms. The molecule has 0 saturated carbocycles. The van der Waals surface area contributed by atoms with E-state index < -0.39 is 0 Å². The van der Waals surface area contributed by atoms with Crippen molar-refractivity contribution in [2.45, 2.75) is 57.9 Å². The first-order valence-electron chi connectivity index (χ1n) is 8.21. The second-order valence-corrected chi connectivity index (χ2v) is 7.13. The van der Waals surface area contributed by atoms with Gasteiger partial charge in [0.1, 0.15) is 0 Å². The molecular weight excluding hydrogens is 292 g/mol. The summed E-state index contributed by atoms with van der Waals surface area (Å²) in [5, 5.41) is 4.00. The minimum absolute atomic E-state index is 0.139. The number of nitrogens with zero attached hydrogens (tertiary/aromatic N) is 3. The van der Waals surface area contributed by atoms with Crippen LogP contribution in [0.5, 0.6) is 0 Å². The Bertz CT molecular complexity index is 654. The molecule has 0 spiro atoms. The van der Waals surface area contributed by atoms with Gasteiger partial charge in [0.2, 0.25) is 11.8 Å². The molecule has 2 aromatic rings. The van der Waals surface area contributed by atoms with E-state index in [0.717, 1.165) is 25.1 Å². The summed E-state index contributed by atoms with van der Waals surface area (Å²) < 4.78 is 5.27. The third kappa shape index (κ3) is 3.46. The van der Waals surface area contributed by atoms with Crippen molar-refractivity contribution < 1.29 is 9.32 Å². The summed E-state index contributed by atoms with van der Waals surface area (Å²) in [5.74, 6) is 1.38. The van der Waals surface area contributed by atoms with Crippen LogP contribution >= 0.6 is 0 Å². The van der Waals surface area contributed by atoms with Gasteiger partial charge in [-0.2, -0.15) is 4.98 Å². The molecule has 1 fully saturated rings. The molecule has 1 aliphatic rings. The summed E-state index contributed by atoms with van der Waals surface area (Å²) in [7, 11) is 0. The number of rotatable bonds is 4. The highest BCUT2D eigenvalue weighted by Crippen LogP contribution is 2.31. The average molecular weight is 316 g/mol. The van der Waals surface area contributed by atoms with Crippen LogP contribution in [0, 0.1) is 0 Å². The van der Waals surface area contributed by atoms with Crippen molar-refractivity contribution in [1.29, 1.82) is 0 Å². The number of aromatic nitrogens is 3. The van der Waals surface area contributed by atoms with Gasteiger partial charge in [0.25, 0.3) is 0 Å². The molecule has 1 saturated heterocycles. The fraction of sp³-hybridized carbons (Fsp3) is 0.588. The maximum Gasteiger partial charge on any atom is 0.227 e. The van der Waals surface area contributed by atoms with Gasteiger partial charge in [0.15, 0.2) is 5.82 Å². The fourth-order valence-corrected chi connectivity index (χ4v) is 2.96. The van der Waals surface area contributed by atoms with E-state index in [9.17, 15) is 4.79 Å². The summed E-state index contributed by atoms with van der Waals surface area (Å²) in [6.45, 7) is 6.94. The third-order valence-corrected chi connectivity index (χ3v) is 4.25. The summed E-state index contributed by atoms with van der Waals surface area (Å²) in [4.78, 5) is 22.1. The van der Waals surface area contributed by atoms with E-state index in [1.807, 2.05) is 44.0 Å². The van der Waals surface area contributed by atoms with Crippen molar-refractivity contribution >= 4 is 5.91 Å². The second kappa shape index (κ2) is 6.18. The molecule has 0 aliphatic carbocycles. The number of aromatic amines is 1. The summed E-state index contributed by atoms with van der Waals surface area (Å²) >= 11 is 0. The third-order valence-electron chi connectivity index (χ3n) is 4.25. The SMILES string of the molecule is CC(C)(C)c1noc(CCC(=O)N2CCC[C@@H]2c2ccc[nH]2)n1. The molecule has 0 unspecified atom stereocenters. The fourth-order valence-electron chi connectivity index (χ4n) is 2.96. The van der Waals surface area contributed by atoms with Crippen LogP contribution in [0.15, 0.2) is 22.9 Å². The maximum absolute atomic E-state index is 12.6. The Morgan fingerprint density at radius 1 is 1.48 bits per heavy atom. The Kier molecular flexibility index (Phi) is 4.24. The number of aryl methyl sites for hydroxylation is 1. The molecule has 0 radical (unpaired) electrons. The highest BCUT2D eigenvalue weighted by Gasteiger charge is 2.30. The highest BCUT2D eigenvalue weighted by molar-refractivity contribution is 5.77. The number of hydrogen-bond acceptors (Lipinski definition) is 4. The van der Waals surface area contributed by atoms with E-state index in [-0.39, 0.29) is 17.4 Å². The number of amides is 1. The maximum atomic E-state index is 12.6. The number of hydrogen-bond donors (Lipinski definition) is 1. The summed E-state index contributed by atoms with van der Waals surface area (Å²) in [5.41, 5.74) is 0.975. The van der Waals surface area contributed by atoms with Crippen LogP contribution in [0.1, 0.15) is 63.5 Å². The number of nitrogens with one attached hydrogen (secondary N) is 1. The van der Waals surface area contributed by atoms with E-state index in [1.54, 1.807) is 0 Å². The van der Waals surface area contributed by atoms with Crippen molar-refractivity contribution in [3.05, 3.63) is 35.7 Å². The number of carbonyl (C=O) groups is 1.